The number of fused-ring (bicyclic) bond motifs is 1. The number of carbonyl (C=O) groups is 1. The highest BCUT2D eigenvalue weighted by atomic mass is 16.4. The molecule has 122 valence electrons. The van der Waals surface area contributed by atoms with Crippen LogP contribution in [0.4, 0.5) is 6.01 Å². The van der Waals surface area contributed by atoms with Crippen molar-refractivity contribution in [1.82, 2.24) is 15.2 Å². The number of oxazole rings is 1. The minimum atomic E-state index is 0.197. The normalized spacial score (nSPS) is 18.6. The van der Waals surface area contributed by atoms with E-state index in [2.05, 4.69) is 15.2 Å². The lowest BCUT2D eigenvalue weighted by molar-refractivity contribution is -0.130. The number of nitrogens with zero attached hydrogens (tertiary/aromatic N) is 3. The van der Waals surface area contributed by atoms with E-state index >= 15 is 0 Å². The van der Waals surface area contributed by atoms with Crippen LogP contribution in [0.5, 0.6) is 0 Å². The highest BCUT2D eigenvalue weighted by Crippen LogP contribution is 2.27. The van der Waals surface area contributed by atoms with E-state index in [4.69, 9.17) is 4.42 Å². The zero-order chi connectivity index (χ0) is 15.6. The Labute approximate surface area is 135 Å². The monoisotopic (exact) mass is 314 g/mol. The van der Waals surface area contributed by atoms with Gasteiger partial charge in [-0.3, -0.25) is 4.79 Å². The van der Waals surface area contributed by atoms with Gasteiger partial charge in [0, 0.05) is 26.2 Å². The second-order valence-corrected chi connectivity index (χ2v) is 6.41. The van der Waals surface area contributed by atoms with E-state index in [1.54, 1.807) is 0 Å². The minimum Gasteiger partial charge on any atom is -0.423 e. The number of amides is 1. The van der Waals surface area contributed by atoms with Crippen molar-refractivity contribution in [3.05, 3.63) is 24.3 Å². The zero-order valence-electron chi connectivity index (χ0n) is 13.2. The Morgan fingerprint density at radius 3 is 2.74 bits per heavy atom. The molecular weight excluding hydrogens is 292 g/mol. The fourth-order valence-electron chi connectivity index (χ4n) is 2.96. The van der Waals surface area contributed by atoms with Crippen LogP contribution in [0.1, 0.15) is 12.8 Å². The van der Waals surface area contributed by atoms with Crippen molar-refractivity contribution in [2.75, 3.05) is 44.2 Å². The van der Waals surface area contributed by atoms with Crippen LogP contribution >= 0.6 is 0 Å². The lowest BCUT2D eigenvalue weighted by atomic mass is 10.3. The summed E-state index contributed by atoms with van der Waals surface area (Å²) in [5, 5.41) is 3.27. The Morgan fingerprint density at radius 1 is 1.22 bits per heavy atom. The molecule has 1 aromatic carbocycles. The van der Waals surface area contributed by atoms with Crippen molar-refractivity contribution in [1.29, 1.82) is 0 Å². The molecule has 1 saturated carbocycles. The molecule has 2 heterocycles. The lowest BCUT2D eigenvalue weighted by Crippen LogP contribution is -2.51. The minimum absolute atomic E-state index is 0.197. The maximum atomic E-state index is 12.2. The smallest absolute Gasteiger partial charge is 0.298 e. The van der Waals surface area contributed by atoms with Crippen molar-refractivity contribution in [3.63, 3.8) is 0 Å². The van der Waals surface area contributed by atoms with Gasteiger partial charge in [-0.25, -0.2) is 0 Å². The van der Waals surface area contributed by atoms with E-state index in [1.807, 2.05) is 29.2 Å². The molecule has 1 aliphatic heterocycles. The molecule has 2 aromatic rings. The Kier molecular flexibility index (Phi) is 3.91. The van der Waals surface area contributed by atoms with E-state index in [0.29, 0.717) is 12.6 Å². The summed E-state index contributed by atoms with van der Waals surface area (Å²) in [5.74, 6) is 1.00. The fourth-order valence-corrected chi connectivity index (χ4v) is 2.96. The molecule has 0 unspecified atom stereocenters. The van der Waals surface area contributed by atoms with E-state index < -0.39 is 0 Å². The number of para-hydroxylation sites is 2. The Morgan fingerprint density at radius 2 is 2.00 bits per heavy atom. The maximum absolute atomic E-state index is 12.2. The molecule has 2 fully saturated rings. The van der Waals surface area contributed by atoms with Crippen LogP contribution in [-0.4, -0.2) is 55.1 Å². The van der Waals surface area contributed by atoms with Gasteiger partial charge < -0.3 is 19.5 Å². The Bertz CT molecular complexity index is 654. The van der Waals surface area contributed by atoms with Crippen LogP contribution in [0.25, 0.3) is 11.1 Å². The predicted octanol–water partition coefficient (Wildman–Crippen LogP) is 1.48. The third-order valence-corrected chi connectivity index (χ3v) is 4.59. The van der Waals surface area contributed by atoms with Gasteiger partial charge in [-0.15, -0.1) is 0 Å². The molecule has 23 heavy (non-hydrogen) atoms. The highest BCUT2D eigenvalue weighted by molar-refractivity contribution is 5.78. The van der Waals surface area contributed by atoms with Crippen molar-refractivity contribution in [2.24, 2.45) is 5.92 Å². The molecule has 1 amide bonds. The topological polar surface area (TPSA) is 61.6 Å². The summed E-state index contributed by atoms with van der Waals surface area (Å²) < 4.78 is 5.80. The maximum Gasteiger partial charge on any atom is 0.298 e. The van der Waals surface area contributed by atoms with Crippen molar-refractivity contribution in [3.8, 4) is 0 Å². The SMILES string of the molecule is O=C(CNCC1CC1)N1CCN(c2nc3ccccc3o2)CC1. The molecule has 1 N–H and O–H groups in total. The van der Waals surface area contributed by atoms with E-state index in [-0.39, 0.29) is 5.91 Å². The summed E-state index contributed by atoms with van der Waals surface area (Å²) in [7, 11) is 0. The summed E-state index contributed by atoms with van der Waals surface area (Å²) >= 11 is 0. The fraction of sp³-hybridized carbons (Fsp3) is 0.529. The van der Waals surface area contributed by atoms with Gasteiger partial charge in [-0.2, -0.15) is 4.98 Å². The number of piperazine rings is 1. The van der Waals surface area contributed by atoms with Crippen LogP contribution < -0.4 is 10.2 Å². The average Bonchev–Trinajstić information content (AvgIpc) is 3.30. The number of hydrogen-bond acceptors (Lipinski definition) is 5. The third-order valence-electron chi connectivity index (χ3n) is 4.59. The summed E-state index contributed by atoms with van der Waals surface area (Å²) in [4.78, 5) is 20.8. The van der Waals surface area contributed by atoms with Gasteiger partial charge in [0.1, 0.15) is 5.52 Å². The van der Waals surface area contributed by atoms with E-state index in [1.165, 1.54) is 12.8 Å². The highest BCUT2D eigenvalue weighted by Gasteiger charge is 2.25. The number of anilines is 1. The van der Waals surface area contributed by atoms with Gasteiger partial charge in [-0.05, 0) is 37.4 Å². The van der Waals surface area contributed by atoms with E-state index in [0.717, 1.165) is 49.7 Å². The Balaban J connectivity index is 1.30. The van der Waals surface area contributed by atoms with Crippen LogP contribution in [0.3, 0.4) is 0 Å². The molecule has 0 atom stereocenters. The van der Waals surface area contributed by atoms with Gasteiger partial charge >= 0.3 is 0 Å². The van der Waals surface area contributed by atoms with Crippen molar-refractivity contribution < 1.29 is 9.21 Å². The third kappa shape index (κ3) is 3.32. The first-order valence-corrected chi connectivity index (χ1v) is 8.38. The van der Waals surface area contributed by atoms with Crippen molar-refractivity contribution in [2.45, 2.75) is 12.8 Å². The van der Waals surface area contributed by atoms with Crippen LogP contribution in [0, 0.1) is 5.92 Å². The summed E-state index contributed by atoms with van der Waals surface area (Å²) in [5.41, 5.74) is 1.69. The predicted molar refractivity (Wildman–Crippen MR) is 88.4 cm³/mol. The Hall–Kier alpha value is -2.08. The van der Waals surface area contributed by atoms with Gasteiger partial charge in [0.25, 0.3) is 6.01 Å². The summed E-state index contributed by atoms with van der Waals surface area (Å²) in [6, 6.07) is 8.44. The number of carbonyl (C=O) groups excluding carboxylic acids is 1. The second kappa shape index (κ2) is 6.20. The van der Waals surface area contributed by atoms with Crippen LogP contribution in [0.15, 0.2) is 28.7 Å². The molecule has 2 aliphatic rings. The van der Waals surface area contributed by atoms with Gasteiger partial charge in [0.05, 0.1) is 6.54 Å². The van der Waals surface area contributed by atoms with Crippen LogP contribution in [0.2, 0.25) is 0 Å². The molecule has 0 radical (unpaired) electrons. The molecule has 6 nitrogen and oxygen atoms in total. The molecule has 1 aliphatic carbocycles. The zero-order valence-corrected chi connectivity index (χ0v) is 13.2. The van der Waals surface area contributed by atoms with Crippen LogP contribution in [-0.2, 0) is 4.79 Å². The van der Waals surface area contributed by atoms with Crippen molar-refractivity contribution >= 4 is 23.0 Å². The average molecular weight is 314 g/mol. The molecule has 6 heteroatoms. The number of hydrogen-bond donors (Lipinski definition) is 1. The molecule has 4 rings (SSSR count). The molecule has 1 aromatic heterocycles. The largest absolute Gasteiger partial charge is 0.423 e. The molecule has 0 spiro atoms. The van der Waals surface area contributed by atoms with Gasteiger partial charge in [-0.1, -0.05) is 12.1 Å². The first kappa shape index (κ1) is 14.5. The standard InChI is InChI=1S/C17H22N4O2/c22-16(12-18-11-13-5-6-13)20-7-9-21(10-8-20)17-19-14-3-1-2-4-15(14)23-17/h1-4,13,18H,5-12H2. The molecule has 1 saturated heterocycles. The number of nitrogens with one attached hydrogen (secondary N) is 1. The first-order chi connectivity index (χ1) is 11.3. The van der Waals surface area contributed by atoms with Gasteiger partial charge in [0.2, 0.25) is 5.91 Å². The summed E-state index contributed by atoms with van der Waals surface area (Å²) in [6.07, 6.45) is 2.62. The molecular formula is C17H22N4O2. The number of rotatable bonds is 5. The lowest BCUT2D eigenvalue weighted by Gasteiger charge is -2.33. The van der Waals surface area contributed by atoms with Gasteiger partial charge in [0.15, 0.2) is 5.58 Å². The molecule has 0 bridgehead atoms. The van der Waals surface area contributed by atoms with E-state index in [9.17, 15) is 4.79 Å². The second-order valence-electron chi connectivity index (χ2n) is 6.41. The summed E-state index contributed by atoms with van der Waals surface area (Å²) in [6.45, 7) is 4.42. The quantitative estimate of drug-likeness (QED) is 0.906. The number of benzene rings is 1. The first-order valence-electron chi connectivity index (χ1n) is 8.38. The number of aromatic nitrogens is 1.